The van der Waals surface area contributed by atoms with Gasteiger partial charge >= 0.3 is 0 Å². The maximum atomic E-state index is 14.2. The first-order chi connectivity index (χ1) is 14.5. The van der Waals surface area contributed by atoms with Crippen molar-refractivity contribution < 1.29 is 13.6 Å². The van der Waals surface area contributed by atoms with Crippen LogP contribution in [0.1, 0.15) is 28.4 Å². The predicted octanol–water partition coefficient (Wildman–Crippen LogP) is 4.38. The second-order valence-electron chi connectivity index (χ2n) is 7.20. The molecule has 154 valence electrons. The molecule has 5 nitrogen and oxygen atoms in total. The molecule has 0 saturated heterocycles. The van der Waals surface area contributed by atoms with E-state index in [4.69, 9.17) is 0 Å². The minimum Gasteiger partial charge on any atom is -0.361 e. The van der Waals surface area contributed by atoms with Crippen molar-refractivity contribution in [1.82, 2.24) is 20.1 Å². The van der Waals surface area contributed by atoms with Crippen LogP contribution >= 0.6 is 0 Å². The molecule has 4 rings (SSSR count). The van der Waals surface area contributed by atoms with Crippen LogP contribution in [0.4, 0.5) is 8.78 Å². The van der Waals surface area contributed by atoms with Crippen molar-refractivity contribution >= 4 is 16.8 Å². The molecule has 2 N–H and O–H groups in total. The van der Waals surface area contributed by atoms with Gasteiger partial charge in [-0.2, -0.15) is 5.10 Å². The number of rotatable bonds is 6. The van der Waals surface area contributed by atoms with Crippen molar-refractivity contribution in [3.8, 4) is 11.3 Å². The van der Waals surface area contributed by atoms with Gasteiger partial charge in [0.1, 0.15) is 17.3 Å². The molecule has 0 bridgehead atoms. The first-order valence-electron chi connectivity index (χ1n) is 9.83. The summed E-state index contributed by atoms with van der Waals surface area (Å²) >= 11 is 0. The van der Waals surface area contributed by atoms with Gasteiger partial charge in [-0.25, -0.2) is 8.78 Å². The molecule has 0 aliphatic rings. The zero-order chi connectivity index (χ0) is 21.3. The van der Waals surface area contributed by atoms with Crippen molar-refractivity contribution in [2.24, 2.45) is 7.05 Å². The maximum absolute atomic E-state index is 14.2. The van der Waals surface area contributed by atoms with Gasteiger partial charge in [0.2, 0.25) is 0 Å². The van der Waals surface area contributed by atoms with Gasteiger partial charge in [0, 0.05) is 48.5 Å². The van der Waals surface area contributed by atoms with Crippen molar-refractivity contribution in [3.63, 3.8) is 0 Å². The van der Waals surface area contributed by atoms with E-state index in [0.29, 0.717) is 13.0 Å². The van der Waals surface area contributed by atoms with Crippen LogP contribution in [0.5, 0.6) is 0 Å². The number of hydrogen-bond donors (Lipinski definition) is 2. The van der Waals surface area contributed by atoms with E-state index in [9.17, 15) is 13.6 Å². The molecular formula is C23H22F2N4O. The van der Waals surface area contributed by atoms with Gasteiger partial charge < -0.3 is 10.3 Å². The molecule has 0 unspecified atom stereocenters. The molecule has 7 heteroatoms. The third-order valence-corrected chi connectivity index (χ3v) is 5.21. The van der Waals surface area contributed by atoms with Crippen molar-refractivity contribution in [2.75, 3.05) is 6.54 Å². The zero-order valence-corrected chi connectivity index (χ0v) is 16.8. The first-order valence-corrected chi connectivity index (χ1v) is 9.83. The Labute approximate surface area is 172 Å². The summed E-state index contributed by atoms with van der Waals surface area (Å²) in [6, 6.07) is 9.43. The molecule has 0 saturated carbocycles. The van der Waals surface area contributed by atoms with Crippen LogP contribution in [-0.2, 0) is 19.9 Å². The maximum Gasteiger partial charge on any atom is 0.255 e. The minimum atomic E-state index is -0.756. The van der Waals surface area contributed by atoms with Gasteiger partial charge in [0.15, 0.2) is 0 Å². The fourth-order valence-corrected chi connectivity index (χ4v) is 3.72. The van der Waals surface area contributed by atoms with Gasteiger partial charge in [-0.3, -0.25) is 9.48 Å². The van der Waals surface area contributed by atoms with Crippen molar-refractivity contribution in [3.05, 3.63) is 77.1 Å². The predicted molar refractivity (Wildman–Crippen MR) is 112 cm³/mol. The summed E-state index contributed by atoms with van der Waals surface area (Å²) in [7, 11) is 1.65. The van der Waals surface area contributed by atoms with E-state index in [1.54, 1.807) is 7.05 Å². The minimum absolute atomic E-state index is 0.0888. The highest BCUT2D eigenvalue weighted by Crippen LogP contribution is 2.26. The number of benzene rings is 2. The van der Waals surface area contributed by atoms with Crippen LogP contribution in [0, 0.1) is 11.6 Å². The highest BCUT2D eigenvalue weighted by molar-refractivity contribution is 5.99. The van der Waals surface area contributed by atoms with E-state index in [1.165, 1.54) is 22.5 Å². The number of aryl methyl sites for hydroxylation is 2. The summed E-state index contributed by atoms with van der Waals surface area (Å²) in [5, 5.41) is 8.23. The average molecular weight is 408 g/mol. The second kappa shape index (κ2) is 8.10. The van der Waals surface area contributed by atoms with Crippen LogP contribution in [0.25, 0.3) is 22.2 Å². The van der Waals surface area contributed by atoms with Crippen molar-refractivity contribution in [1.29, 1.82) is 0 Å². The normalized spacial score (nSPS) is 11.2. The van der Waals surface area contributed by atoms with E-state index in [-0.39, 0.29) is 22.7 Å². The van der Waals surface area contributed by atoms with Gasteiger partial charge in [-0.15, -0.1) is 0 Å². The number of H-pyrrole nitrogens is 1. The monoisotopic (exact) mass is 408 g/mol. The lowest BCUT2D eigenvalue weighted by Crippen LogP contribution is -2.25. The lowest BCUT2D eigenvalue weighted by molar-refractivity contribution is 0.0954. The third kappa shape index (κ3) is 3.70. The number of carbonyl (C=O) groups is 1. The summed E-state index contributed by atoms with van der Waals surface area (Å²) in [5.74, 6) is -1.78. The highest BCUT2D eigenvalue weighted by Gasteiger charge is 2.20. The summed E-state index contributed by atoms with van der Waals surface area (Å²) in [6.45, 7) is 2.54. The summed E-state index contributed by atoms with van der Waals surface area (Å²) in [5.41, 5.74) is 4.02. The molecular weight excluding hydrogens is 386 g/mol. The van der Waals surface area contributed by atoms with Gasteiger partial charge in [0.25, 0.3) is 5.91 Å². The summed E-state index contributed by atoms with van der Waals surface area (Å²) < 4.78 is 28.9. The number of carbonyl (C=O) groups excluding carboxylic acids is 1. The van der Waals surface area contributed by atoms with Crippen LogP contribution < -0.4 is 5.32 Å². The second-order valence-corrected chi connectivity index (χ2v) is 7.20. The number of hydrogen-bond acceptors (Lipinski definition) is 2. The lowest BCUT2D eigenvalue weighted by Gasteiger charge is -2.06. The van der Waals surface area contributed by atoms with E-state index in [0.717, 1.165) is 35.0 Å². The smallest absolute Gasteiger partial charge is 0.255 e. The zero-order valence-electron chi connectivity index (χ0n) is 16.8. The number of halogens is 2. The molecule has 0 spiro atoms. The van der Waals surface area contributed by atoms with Crippen LogP contribution in [0.2, 0.25) is 0 Å². The van der Waals surface area contributed by atoms with Gasteiger partial charge in [0.05, 0.1) is 5.56 Å². The molecule has 30 heavy (non-hydrogen) atoms. The summed E-state index contributed by atoms with van der Waals surface area (Å²) in [4.78, 5) is 16.1. The Balaban J connectivity index is 1.50. The number of aromatic nitrogens is 3. The quantitative estimate of drug-likeness (QED) is 0.497. The van der Waals surface area contributed by atoms with Crippen LogP contribution in [0.3, 0.4) is 0 Å². The Kier molecular flexibility index (Phi) is 5.35. The SMILES string of the molecule is CCc1cccc2c(CCNC(=O)c3cn(C)nc3-c3ccc(F)cc3F)c[nH]c12. The van der Waals surface area contributed by atoms with E-state index >= 15 is 0 Å². The third-order valence-electron chi connectivity index (χ3n) is 5.21. The van der Waals surface area contributed by atoms with Crippen LogP contribution in [-0.4, -0.2) is 27.2 Å². The first kappa shape index (κ1) is 19.8. The molecule has 4 aromatic rings. The van der Waals surface area contributed by atoms with E-state index < -0.39 is 11.6 Å². The lowest BCUT2D eigenvalue weighted by atomic mass is 10.1. The molecule has 2 aromatic carbocycles. The number of para-hydroxylation sites is 1. The van der Waals surface area contributed by atoms with Crippen molar-refractivity contribution in [2.45, 2.75) is 19.8 Å². The Bertz CT molecular complexity index is 1230. The Morgan fingerprint density at radius 3 is 2.80 bits per heavy atom. The molecule has 2 aromatic heterocycles. The summed E-state index contributed by atoms with van der Waals surface area (Å²) in [6.07, 6.45) is 5.10. The van der Waals surface area contributed by atoms with E-state index in [1.807, 2.05) is 12.3 Å². The molecule has 0 aliphatic carbocycles. The molecule has 0 radical (unpaired) electrons. The molecule has 0 aliphatic heterocycles. The number of amides is 1. The number of nitrogens with one attached hydrogen (secondary N) is 2. The fraction of sp³-hybridized carbons (Fsp3) is 0.217. The Morgan fingerprint density at radius 2 is 2.03 bits per heavy atom. The highest BCUT2D eigenvalue weighted by atomic mass is 19.1. The Morgan fingerprint density at radius 1 is 1.20 bits per heavy atom. The fourth-order valence-electron chi connectivity index (χ4n) is 3.72. The van der Waals surface area contributed by atoms with Gasteiger partial charge in [-0.1, -0.05) is 25.1 Å². The largest absolute Gasteiger partial charge is 0.361 e. The topological polar surface area (TPSA) is 62.7 Å². The number of aromatic amines is 1. The number of nitrogens with zero attached hydrogens (tertiary/aromatic N) is 2. The molecule has 0 atom stereocenters. The molecule has 1 amide bonds. The Hall–Kier alpha value is -3.48. The average Bonchev–Trinajstić information content (AvgIpc) is 3.31. The molecule has 0 fully saturated rings. The van der Waals surface area contributed by atoms with Gasteiger partial charge in [-0.05, 0) is 36.1 Å². The van der Waals surface area contributed by atoms with E-state index in [2.05, 4.69) is 34.5 Å². The standard InChI is InChI=1S/C23H22F2N4O/c1-3-14-5-4-6-17-15(12-27-21(14)17)9-10-26-23(30)19-13-29(2)28-22(19)18-8-7-16(24)11-20(18)25/h4-8,11-13,27H,3,9-10H2,1-2H3,(H,26,30). The number of fused-ring (bicyclic) bond motifs is 1. The van der Waals surface area contributed by atoms with Crippen LogP contribution in [0.15, 0.2) is 48.8 Å². The molecule has 2 heterocycles.